The second-order valence-electron chi connectivity index (χ2n) is 2.45. The molecule has 0 fully saturated rings. The van der Waals surface area contributed by atoms with Gasteiger partial charge in [0.1, 0.15) is 5.75 Å². The standard InChI is InChI=1S/C8H8F3NO/c1-13-7-4-5(8(9,10)11)2-3-6(7)12/h2-4H,12H2,1H3. The molecule has 2 nitrogen and oxygen atoms in total. The van der Waals surface area contributed by atoms with Gasteiger partial charge in [0, 0.05) is 0 Å². The van der Waals surface area contributed by atoms with Crippen molar-refractivity contribution in [3.05, 3.63) is 23.8 Å². The molecule has 2 N–H and O–H groups in total. The van der Waals surface area contributed by atoms with E-state index >= 15 is 0 Å². The Balaban J connectivity index is 3.14. The molecule has 72 valence electrons. The number of nitrogen functional groups attached to an aromatic ring is 1. The molecule has 0 aliphatic heterocycles. The number of benzene rings is 1. The number of alkyl halides is 3. The van der Waals surface area contributed by atoms with Crippen LogP contribution in [0.3, 0.4) is 0 Å². The topological polar surface area (TPSA) is 35.2 Å². The van der Waals surface area contributed by atoms with Crippen molar-refractivity contribution in [2.45, 2.75) is 6.18 Å². The maximum Gasteiger partial charge on any atom is 0.416 e. The van der Waals surface area contributed by atoms with E-state index in [0.717, 1.165) is 12.1 Å². The first-order chi connectivity index (χ1) is 5.95. The molecular formula is C8H8F3NO. The number of hydrogen-bond acceptors (Lipinski definition) is 2. The highest BCUT2D eigenvalue weighted by Crippen LogP contribution is 2.33. The first kappa shape index (κ1) is 9.70. The van der Waals surface area contributed by atoms with Gasteiger partial charge in [-0.05, 0) is 18.2 Å². The molecule has 13 heavy (non-hydrogen) atoms. The number of anilines is 1. The van der Waals surface area contributed by atoms with Gasteiger partial charge in [-0.15, -0.1) is 0 Å². The van der Waals surface area contributed by atoms with Crippen molar-refractivity contribution in [1.29, 1.82) is 0 Å². The fraction of sp³-hybridized carbons (Fsp3) is 0.250. The van der Waals surface area contributed by atoms with Crippen molar-refractivity contribution in [2.75, 3.05) is 12.8 Å². The van der Waals surface area contributed by atoms with Crippen molar-refractivity contribution in [3.63, 3.8) is 0 Å². The third-order valence-corrected chi connectivity index (χ3v) is 1.56. The Morgan fingerprint density at radius 2 is 1.92 bits per heavy atom. The minimum Gasteiger partial charge on any atom is -0.495 e. The summed E-state index contributed by atoms with van der Waals surface area (Å²) >= 11 is 0. The predicted octanol–water partition coefficient (Wildman–Crippen LogP) is 2.30. The number of nitrogens with two attached hydrogens (primary N) is 1. The largest absolute Gasteiger partial charge is 0.495 e. The SMILES string of the molecule is COc1cc(C(F)(F)F)ccc1N. The molecule has 0 unspecified atom stereocenters. The molecule has 0 bridgehead atoms. The molecule has 1 rings (SSSR count). The van der Waals surface area contributed by atoms with Gasteiger partial charge in [0.05, 0.1) is 18.4 Å². The van der Waals surface area contributed by atoms with E-state index in [1.54, 1.807) is 0 Å². The van der Waals surface area contributed by atoms with Crippen LogP contribution in [0, 0.1) is 0 Å². The minimum atomic E-state index is -4.36. The van der Waals surface area contributed by atoms with Crippen molar-refractivity contribution >= 4 is 5.69 Å². The zero-order valence-corrected chi connectivity index (χ0v) is 6.85. The third-order valence-electron chi connectivity index (χ3n) is 1.56. The maximum atomic E-state index is 12.1. The van der Waals surface area contributed by atoms with E-state index in [1.165, 1.54) is 13.2 Å². The van der Waals surface area contributed by atoms with Crippen molar-refractivity contribution < 1.29 is 17.9 Å². The summed E-state index contributed by atoms with van der Waals surface area (Å²) in [6.07, 6.45) is -4.36. The maximum absolute atomic E-state index is 12.1. The summed E-state index contributed by atoms with van der Waals surface area (Å²) in [6.45, 7) is 0. The molecular weight excluding hydrogens is 183 g/mol. The molecule has 0 aromatic heterocycles. The first-order valence-electron chi connectivity index (χ1n) is 3.46. The summed E-state index contributed by atoms with van der Waals surface area (Å²) in [5.41, 5.74) is 4.78. The van der Waals surface area contributed by atoms with Crippen LogP contribution in [0.15, 0.2) is 18.2 Å². The Hall–Kier alpha value is -1.39. The second-order valence-corrected chi connectivity index (χ2v) is 2.45. The number of ether oxygens (including phenoxy) is 1. The van der Waals surface area contributed by atoms with E-state index in [9.17, 15) is 13.2 Å². The molecule has 0 saturated heterocycles. The van der Waals surface area contributed by atoms with E-state index in [-0.39, 0.29) is 11.4 Å². The summed E-state index contributed by atoms with van der Waals surface area (Å²) in [5.74, 6) is 0.0369. The number of halogens is 3. The monoisotopic (exact) mass is 191 g/mol. The van der Waals surface area contributed by atoms with Gasteiger partial charge in [-0.2, -0.15) is 13.2 Å². The highest BCUT2D eigenvalue weighted by molar-refractivity contribution is 5.54. The molecule has 0 saturated carbocycles. The highest BCUT2D eigenvalue weighted by atomic mass is 19.4. The molecule has 0 heterocycles. The van der Waals surface area contributed by atoms with Crippen molar-refractivity contribution in [3.8, 4) is 5.75 Å². The molecule has 5 heteroatoms. The molecule has 1 aromatic carbocycles. The normalized spacial score (nSPS) is 11.4. The van der Waals surface area contributed by atoms with Gasteiger partial charge in [0.15, 0.2) is 0 Å². The van der Waals surface area contributed by atoms with Crippen LogP contribution >= 0.6 is 0 Å². The molecule has 0 aliphatic carbocycles. The van der Waals surface area contributed by atoms with Crippen LogP contribution in [-0.4, -0.2) is 7.11 Å². The number of methoxy groups -OCH3 is 1. The van der Waals surface area contributed by atoms with Gasteiger partial charge >= 0.3 is 6.18 Å². The quantitative estimate of drug-likeness (QED) is 0.691. The van der Waals surface area contributed by atoms with Crippen LogP contribution < -0.4 is 10.5 Å². The number of rotatable bonds is 1. The van der Waals surface area contributed by atoms with E-state index in [1.807, 2.05) is 0 Å². The fourth-order valence-electron chi connectivity index (χ4n) is 0.887. The smallest absolute Gasteiger partial charge is 0.416 e. The zero-order valence-electron chi connectivity index (χ0n) is 6.85. The summed E-state index contributed by atoms with van der Waals surface area (Å²) in [7, 11) is 1.27. The Morgan fingerprint density at radius 3 is 2.38 bits per heavy atom. The summed E-state index contributed by atoms with van der Waals surface area (Å²) in [6, 6.07) is 2.95. The lowest BCUT2D eigenvalue weighted by atomic mass is 10.2. The van der Waals surface area contributed by atoms with Gasteiger partial charge in [-0.1, -0.05) is 0 Å². The van der Waals surface area contributed by atoms with Crippen LogP contribution in [0.5, 0.6) is 5.75 Å². The Bertz CT molecular complexity index is 309. The Morgan fingerprint density at radius 1 is 1.31 bits per heavy atom. The molecule has 0 aliphatic rings. The van der Waals surface area contributed by atoms with Crippen LogP contribution in [0.2, 0.25) is 0 Å². The lowest BCUT2D eigenvalue weighted by molar-refractivity contribution is -0.137. The highest BCUT2D eigenvalue weighted by Gasteiger charge is 2.30. The molecule has 0 atom stereocenters. The van der Waals surface area contributed by atoms with E-state index in [0.29, 0.717) is 0 Å². The van der Waals surface area contributed by atoms with Crippen molar-refractivity contribution in [1.82, 2.24) is 0 Å². The molecule has 0 spiro atoms. The van der Waals surface area contributed by atoms with Crippen LogP contribution in [0.1, 0.15) is 5.56 Å². The molecule has 0 radical (unpaired) electrons. The van der Waals surface area contributed by atoms with Crippen LogP contribution in [0.4, 0.5) is 18.9 Å². The lowest BCUT2D eigenvalue weighted by Gasteiger charge is -2.09. The minimum absolute atomic E-state index is 0.0369. The summed E-state index contributed by atoms with van der Waals surface area (Å²) in [5, 5.41) is 0. The van der Waals surface area contributed by atoms with Gasteiger partial charge in [-0.3, -0.25) is 0 Å². The predicted molar refractivity (Wildman–Crippen MR) is 42.4 cm³/mol. The van der Waals surface area contributed by atoms with Gasteiger partial charge in [0.25, 0.3) is 0 Å². The summed E-state index contributed by atoms with van der Waals surface area (Å²) in [4.78, 5) is 0. The Kier molecular flexibility index (Phi) is 2.36. The van der Waals surface area contributed by atoms with Gasteiger partial charge in [-0.25, -0.2) is 0 Å². The second kappa shape index (κ2) is 3.16. The average Bonchev–Trinajstić information content (AvgIpc) is 2.03. The average molecular weight is 191 g/mol. The van der Waals surface area contributed by atoms with E-state index in [4.69, 9.17) is 5.73 Å². The van der Waals surface area contributed by atoms with Crippen molar-refractivity contribution in [2.24, 2.45) is 0 Å². The lowest BCUT2D eigenvalue weighted by Crippen LogP contribution is -2.05. The summed E-state index contributed by atoms with van der Waals surface area (Å²) < 4.78 is 41.1. The van der Waals surface area contributed by atoms with Gasteiger partial charge < -0.3 is 10.5 Å². The van der Waals surface area contributed by atoms with Gasteiger partial charge in [0.2, 0.25) is 0 Å². The molecule has 1 aromatic rings. The first-order valence-corrected chi connectivity index (χ1v) is 3.46. The Labute approximate surface area is 73.1 Å². The van der Waals surface area contributed by atoms with Crippen LogP contribution in [-0.2, 0) is 6.18 Å². The van der Waals surface area contributed by atoms with E-state index in [2.05, 4.69) is 4.74 Å². The van der Waals surface area contributed by atoms with E-state index < -0.39 is 11.7 Å². The zero-order chi connectivity index (χ0) is 10.1. The molecule has 0 amide bonds. The third kappa shape index (κ3) is 2.05. The fourth-order valence-corrected chi connectivity index (χ4v) is 0.887. The van der Waals surface area contributed by atoms with Crippen LogP contribution in [0.25, 0.3) is 0 Å². The number of hydrogen-bond donors (Lipinski definition) is 1.